The monoisotopic (exact) mass is 408 g/mol. The molecule has 8 heteroatoms. The summed E-state index contributed by atoms with van der Waals surface area (Å²) >= 11 is 0. The Morgan fingerprint density at radius 2 is 1.97 bits per heavy atom. The van der Waals surface area contributed by atoms with Crippen LogP contribution in [0, 0.1) is 5.92 Å². The average molecular weight is 409 g/mol. The Hall–Kier alpha value is -3.16. The Labute approximate surface area is 176 Å². The quantitative estimate of drug-likeness (QED) is 0.647. The second-order valence-corrected chi connectivity index (χ2v) is 7.84. The number of carbonyl (C=O) groups is 1. The summed E-state index contributed by atoms with van der Waals surface area (Å²) in [6, 6.07) is 11.6. The maximum atomic E-state index is 12.4. The van der Waals surface area contributed by atoms with Crippen molar-refractivity contribution in [2.24, 2.45) is 5.92 Å². The predicted molar refractivity (Wildman–Crippen MR) is 115 cm³/mol. The first kappa shape index (κ1) is 20.1. The molecule has 2 aromatic heterocycles. The normalized spacial score (nSPS) is 14.8. The molecule has 1 saturated heterocycles. The number of ether oxygens (including phenoxy) is 1. The lowest BCUT2D eigenvalue weighted by Crippen LogP contribution is -2.33. The molecule has 0 spiro atoms. The van der Waals surface area contributed by atoms with Crippen LogP contribution < -0.4 is 15.0 Å². The third-order valence-electron chi connectivity index (χ3n) is 5.67. The predicted octanol–water partition coefficient (Wildman–Crippen LogP) is 2.62. The number of aryl methyl sites for hydroxylation is 1. The number of para-hydroxylation sites is 1. The van der Waals surface area contributed by atoms with Gasteiger partial charge in [-0.3, -0.25) is 4.79 Å². The molecule has 1 aromatic carbocycles. The number of amides is 1. The van der Waals surface area contributed by atoms with Gasteiger partial charge >= 0.3 is 0 Å². The van der Waals surface area contributed by atoms with E-state index in [2.05, 4.69) is 27.3 Å². The molecule has 1 aliphatic heterocycles. The Kier molecular flexibility index (Phi) is 6.11. The van der Waals surface area contributed by atoms with E-state index in [1.54, 1.807) is 11.6 Å². The minimum Gasteiger partial charge on any atom is -0.496 e. The molecule has 1 amide bonds. The van der Waals surface area contributed by atoms with E-state index in [9.17, 15) is 4.79 Å². The van der Waals surface area contributed by atoms with Crippen LogP contribution in [0.25, 0.3) is 5.65 Å². The standard InChI is InChI=1S/C22H28N6O2/c1-16-11-13-27(14-12-16)21-8-7-19-24-25-20(28(19)26-21)9-10-22(29)23-15-17-5-3-4-6-18(17)30-2/h3-8,16H,9-15H2,1-2H3,(H,23,29). The highest BCUT2D eigenvalue weighted by Crippen LogP contribution is 2.21. The summed E-state index contributed by atoms with van der Waals surface area (Å²) in [7, 11) is 1.63. The zero-order valence-corrected chi connectivity index (χ0v) is 17.5. The molecule has 0 bridgehead atoms. The van der Waals surface area contributed by atoms with Crippen LogP contribution in [0.15, 0.2) is 36.4 Å². The summed E-state index contributed by atoms with van der Waals surface area (Å²) in [6.07, 6.45) is 3.16. The molecule has 0 saturated carbocycles. The molecule has 3 aromatic rings. The van der Waals surface area contributed by atoms with Crippen LogP contribution >= 0.6 is 0 Å². The number of benzene rings is 1. The van der Waals surface area contributed by atoms with Crippen molar-refractivity contribution in [2.75, 3.05) is 25.1 Å². The molecule has 0 atom stereocenters. The number of hydrogen-bond donors (Lipinski definition) is 1. The van der Waals surface area contributed by atoms with E-state index in [0.717, 1.165) is 36.1 Å². The van der Waals surface area contributed by atoms with Crippen molar-refractivity contribution in [1.29, 1.82) is 0 Å². The highest BCUT2D eigenvalue weighted by Gasteiger charge is 2.18. The lowest BCUT2D eigenvalue weighted by atomic mass is 9.99. The van der Waals surface area contributed by atoms with Crippen molar-refractivity contribution in [3.63, 3.8) is 0 Å². The molecule has 1 N–H and O–H groups in total. The van der Waals surface area contributed by atoms with E-state index < -0.39 is 0 Å². The minimum atomic E-state index is -0.0428. The van der Waals surface area contributed by atoms with Crippen molar-refractivity contribution in [3.8, 4) is 5.75 Å². The summed E-state index contributed by atoms with van der Waals surface area (Å²) in [5.74, 6) is 3.13. The van der Waals surface area contributed by atoms with Gasteiger partial charge in [0.1, 0.15) is 11.6 Å². The zero-order chi connectivity index (χ0) is 20.9. The minimum absolute atomic E-state index is 0.0428. The molecule has 0 unspecified atom stereocenters. The molecule has 30 heavy (non-hydrogen) atoms. The zero-order valence-electron chi connectivity index (χ0n) is 17.5. The maximum Gasteiger partial charge on any atom is 0.220 e. The Balaban J connectivity index is 1.37. The van der Waals surface area contributed by atoms with E-state index >= 15 is 0 Å². The molecule has 0 radical (unpaired) electrons. The van der Waals surface area contributed by atoms with Crippen LogP contribution in [0.1, 0.15) is 37.6 Å². The molecule has 158 valence electrons. The first-order chi connectivity index (χ1) is 14.6. The highest BCUT2D eigenvalue weighted by molar-refractivity contribution is 5.76. The van der Waals surface area contributed by atoms with Gasteiger partial charge in [0.2, 0.25) is 5.91 Å². The van der Waals surface area contributed by atoms with Crippen molar-refractivity contribution in [2.45, 2.75) is 39.2 Å². The smallest absolute Gasteiger partial charge is 0.220 e. The molecule has 1 fully saturated rings. The van der Waals surface area contributed by atoms with Gasteiger partial charge in [0, 0.05) is 38.0 Å². The Morgan fingerprint density at radius 3 is 2.77 bits per heavy atom. The lowest BCUT2D eigenvalue weighted by Gasteiger charge is -2.30. The van der Waals surface area contributed by atoms with Gasteiger partial charge in [-0.1, -0.05) is 25.1 Å². The van der Waals surface area contributed by atoms with Crippen molar-refractivity contribution in [3.05, 3.63) is 47.8 Å². The van der Waals surface area contributed by atoms with Crippen LogP contribution in [0.4, 0.5) is 5.82 Å². The summed E-state index contributed by atoms with van der Waals surface area (Å²) in [5, 5.41) is 16.1. The fourth-order valence-corrected chi connectivity index (χ4v) is 3.74. The Morgan fingerprint density at radius 1 is 1.17 bits per heavy atom. The van der Waals surface area contributed by atoms with Gasteiger partial charge in [-0.05, 0) is 37.0 Å². The van der Waals surface area contributed by atoms with Gasteiger partial charge in [0.05, 0.1) is 7.11 Å². The van der Waals surface area contributed by atoms with Crippen LogP contribution in [-0.2, 0) is 17.8 Å². The van der Waals surface area contributed by atoms with E-state index in [-0.39, 0.29) is 5.91 Å². The van der Waals surface area contributed by atoms with Crippen LogP contribution in [-0.4, -0.2) is 45.9 Å². The maximum absolute atomic E-state index is 12.4. The fraction of sp³-hybridized carbons (Fsp3) is 0.455. The molecule has 3 heterocycles. The number of fused-ring (bicyclic) bond motifs is 1. The van der Waals surface area contributed by atoms with Gasteiger partial charge in [0.15, 0.2) is 11.5 Å². The molecule has 1 aliphatic rings. The van der Waals surface area contributed by atoms with Crippen molar-refractivity contribution >= 4 is 17.4 Å². The van der Waals surface area contributed by atoms with E-state index in [1.165, 1.54) is 12.8 Å². The number of hydrogen-bond acceptors (Lipinski definition) is 6. The largest absolute Gasteiger partial charge is 0.496 e. The van der Waals surface area contributed by atoms with E-state index in [0.29, 0.717) is 30.9 Å². The number of nitrogens with zero attached hydrogens (tertiary/aromatic N) is 5. The number of methoxy groups -OCH3 is 1. The molecular formula is C22H28N6O2. The van der Waals surface area contributed by atoms with Crippen LogP contribution in [0.3, 0.4) is 0 Å². The summed E-state index contributed by atoms with van der Waals surface area (Å²) < 4.78 is 7.09. The summed E-state index contributed by atoms with van der Waals surface area (Å²) in [5.41, 5.74) is 1.65. The highest BCUT2D eigenvalue weighted by atomic mass is 16.5. The van der Waals surface area contributed by atoms with Gasteiger partial charge in [-0.25, -0.2) is 0 Å². The van der Waals surface area contributed by atoms with Gasteiger partial charge in [-0.2, -0.15) is 4.52 Å². The molecule has 8 nitrogen and oxygen atoms in total. The molecule has 4 rings (SSSR count). The van der Waals surface area contributed by atoms with Gasteiger partial charge in [0.25, 0.3) is 0 Å². The number of nitrogens with one attached hydrogen (secondary N) is 1. The molecule has 0 aliphatic carbocycles. The fourth-order valence-electron chi connectivity index (χ4n) is 3.74. The third kappa shape index (κ3) is 4.53. The Bertz CT molecular complexity index is 1010. The third-order valence-corrected chi connectivity index (χ3v) is 5.67. The average Bonchev–Trinajstić information content (AvgIpc) is 3.19. The number of anilines is 1. The van der Waals surface area contributed by atoms with Crippen molar-refractivity contribution in [1.82, 2.24) is 25.1 Å². The lowest BCUT2D eigenvalue weighted by molar-refractivity contribution is -0.121. The van der Waals surface area contributed by atoms with E-state index in [4.69, 9.17) is 9.84 Å². The number of piperidine rings is 1. The van der Waals surface area contributed by atoms with Crippen molar-refractivity contribution < 1.29 is 9.53 Å². The van der Waals surface area contributed by atoms with Gasteiger partial charge < -0.3 is 15.0 Å². The summed E-state index contributed by atoms with van der Waals surface area (Å²) in [4.78, 5) is 14.7. The van der Waals surface area contributed by atoms with E-state index in [1.807, 2.05) is 36.4 Å². The van der Waals surface area contributed by atoms with Gasteiger partial charge in [-0.15, -0.1) is 15.3 Å². The van der Waals surface area contributed by atoms with Crippen LogP contribution in [0.5, 0.6) is 5.75 Å². The molecular weight excluding hydrogens is 380 g/mol. The second-order valence-electron chi connectivity index (χ2n) is 7.84. The SMILES string of the molecule is COc1ccccc1CNC(=O)CCc1nnc2ccc(N3CCC(C)CC3)nn12. The second kappa shape index (κ2) is 9.11. The summed E-state index contributed by atoms with van der Waals surface area (Å²) in [6.45, 7) is 4.76. The number of aromatic nitrogens is 4. The number of rotatable bonds is 7. The number of carbonyl (C=O) groups excluding carboxylic acids is 1. The first-order valence-electron chi connectivity index (χ1n) is 10.5. The van der Waals surface area contributed by atoms with Crippen LogP contribution in [0.2, 0.25) is 0 Å². The first-order valence-corrected chi connectivity index (χ1v) is 10.5. The topological polar surface area (TPSA) is 84.6 Å².